The Labute approximate surface area is 144 Å². The molecule has 3 aromatic rings. The summed E-state index contributed by atoms with van der Waals surface area (Å²) in [4.78, 5) is 0.950. The SMILES string of the molecule is [Li+].[S-]c1ccccc1P(c1ccccc1)c1ccccc1. The molecule has 0 nitrogen and oxygen atoms in total. The largest absolute Gasteiger partial charge is 1.00 e. The van der Waals surface area contributed by atoms with E-state index in [-0.39, 0.29) is 18.9 Å². The van der Waals surface area contributed by atoms with Crippen molar-refractivity contribution in [1.82, 2.24) is 0 Å². The minimum atomic E-state index is -0.571. The van der Waals surface area contributed by atoms with Crippen molar-refractivity contribution in [2.24, 2.45) is 0 Å². The summed E-state index contributed by atoms with van der Waals surface area (Å²) in [6, 6.07) is 29.5. The van der Waals surface area contributed by atoms with E-state index in [1.165, 1.54) is 15.9 Å². The summed E-state index contributed by atoms with van der Waals surface area (Å²) >= 11 is 5.54. The van der Waals surface area contributed by atoms with Crippen molar-refractivity contribution >= 4 is 36.5 Å². The van der Waals surface area contributed by atoms with Gasteiger partial charge in [0.1, 0.15) is 0 Å². The van der Waals surface area contributed by atoms with Gasteiger partial charge < -0.3 is 12.6 Å². The maximum atomic E-state index is 5.54. The Hall–Kier alpha value is -1.09. The van der Waals surface area contributed by atoms with Gasteiger partial charge in [0.05, 0.1) is 0 Å². The van der Waals surface area contributed by atoms with Crippen LogP contribution in [0.5, 0.6) is 0 Å². The van der Waals surface area contributed by atoms with Gasteiger partial charge in [-0.05, 0) is 23.8 Å². The second-order valence-corrected chi connectivity index (χ2v) is 7.10. The molecule has 3 aromatic carbocycles. The second kappa shape index (κ2) is 7.78. The van der Waals surface area contributed by atoms with E-state index in [4.69, 9.17) is 12.6 Å². The third-order valence-electron chi connectivity index (χ3n) is 3.13. The van der Waals surface area contributed by atoms with Crippen LogP contribution in [0.25, 0.3) is 0 Å². The fourth-order valence-electron chi connectivity index (χ4n) is 2.22. The van der Waals surface area contributed by atoms with Gasteiger partial charge in [-0.25, -0.2) is 0 Å². The quantitative estimate of drug-likeness (QED) is 0.382. The molecule has 0 aromatic heterocycles. The van der Waals surface area contributed by atoms with Crippen molar-refractivity contribution in [3.8, 4) is 0 Å². The number of benzene rings is 3. The van der Waals surface area contributed by atoms with E-state index in [0.29, 0.717) is 0 Å². The molecule has 3 heteroatoms. The number of hydrogen-bond donors (Lipinski definition) is 0. The smallest absolute Gasteiger partial charge is 0.779 e. The topological polar surface area (TPSA) is 0 Å². The van der Waals surface area contributed by atoms with Gasteiger partial charge in [-0.15, -0.1) is 0 Å². The molecule has 0 N–H and O–H groups in total. The number of hydrogen-bond acceptors (Lipinski definition) is 1. The molecular formula is C18H14LiPS. The molecule has 0 amide bonds. The Kier molecular flexibility index (Phi) is 6.04. The van der Waals surface area contributed by atoms with Crippen LogP contribution in [0.2, 0.25) is 0 Å². The molecule has 0 radical (unpaired) electrons. The summed E-state index contributed by atoms with van der Waals surface area (Å²) in [5.41, 5.74) is 0. The first kappa shape index (κ1) is 16.3. The molecule has 0 aliphatic heterocycles. The molecule has 0 fully saturated rings. The van der Waals surface area contributed by atoms with E-state index in [0.717, 1.165) is 4.90 Å². The minimum Gasteiger partial charge on any atom is -0.779 e. The van der Waals surface area contributed by atoms with Gasteiger partial charge >= 0.3 is 18.9 Å². The van der Waals surface area contributed by atoms with Crippen LogP contribution in [-0.4, -0.2) is 0 Å². The molecule has 0 bridgehead atoms. The molecule has 0 atom stereocenters. The Balaban J connectivity index is 0.00000161. The van der Waals surface area contributed by atoms with Crippen molar-refractivity contribution in [2.45, 2.75) is 4.90 Å². The van der Waals surface area contributed by atoms with Gasteiger partial charge in [0, 0.05) is 0 Å². The summed E-state index contributed by atoms with van der Waals surface area (Å²) in [5.74, 6) is 0. The van der Waals surface area contributed by atoms with Gasteiger partial charge in [0.2, 0.25) is 0 Å². The van der Waals surface area contributed by atoms with Gasteiger partial charge in [-0.2, -0.15) is 4.90 Å². The van der Waals surface area contributed by atoms with Gasteiger partial charge in [-0.3, -0.25) is 0 Å². The predicted octanol–water partition coefficient (Wildman–Crippen LogP) is 0.355. The molecule has 0 saturated heterocycles. The van der Waals surface area contributed by atoms with Crippen LogP contribution in [0.4, 0.5) is 0 Å². The molecule has 21 heavy (non-hydrogen) atoms. The zero-order valence-electron chi connectivity index (χ0n) is 11.9. The third kappa shape index (κ3) is 3.76. The molecule has 0 aliphatic carbocycles. The monoisotopic (exact) mass is 300 g/mol. The normalized spacial score (nSPS) is 10.1. The van der Waals surface area contributed by atoms with Gasteiger partial charge in [0.15, 0.2) is 0 Å². The molecule has 0 unspecified atom stereocenters. The first-order valence-corrected chi connectivity index (χ1v) is 8.27. The van der Waals surface area contributed by atoms with Crippen molar-refractivity contribution in [3.63, 3.8) is 0 Å². The maximum Gasteiger partial charge on any atom is 1.00 e. The molecule has 0 saturated carbocycles. The average molecular weight is 300 g/mol. The van der Waals surface area contributed by atoms with E-state index < -0.39 is 7.92 Å². The summed E-state index contributed by atoms with van der Waals surface area (Å²) < 4.78 is 0. The van der Waals surface area contributed by atoms with E-state index in [1.807, 2.05) is 12.1 Å². The van der Waals surface area contributed by atoms with Crippen LogP contribution in [-0.2, 0) is 12.6 Å². The molecule has 3 rings (SSSR count). The Bertz CT molecular complexity index is 646. The second-order valence-electron chi connectivity index (χ2n) is 4.47. The van der Waals surface area contributed by atoms with Crippen LogP contribution in [0.3, 0.4) is 0 Å². The Morgan fingerprint density at radius 3 is 1.48 bits per heavy atom. The third-order valence-corrected chi connectivity index (χ3v) is 6.14. The first-order chi connectivity index (χ1) is 9.86. The Morgan fingerprint density at radius 1 is 0.571 bits per heavy atom. The average Bonchev–Trinajstić information content (AvgIpc) is 2.52. The molecule has 0 aliphatic rings. The first-order valence-electron chi connectivity index (χ1n) is 6.52. The van der Waals surface area contributed by atoms with Crippen LogP contribution < -0.4 is 34.8 Å². The summed E-state index contributed by atoms with van der Waals surface area (Å²) in [7, 11) is -0.571. The summed E-state index contributed by atoms with van der Waals surface area (Å²) in [6.07, 6.45) is 0. The van der Waals surface area contributed by atoms with E-state index >= 15 is 0 Å². The Morgan fingerprint density at radius 2 is 1.00 bits per heavy atom. The van der Waals surface area contributed by atoms with E-state index in [9.17, 15) is 0 Å². The van der Waals surface area contributed by atoms with Crippen LogP contribution in [0.15, 0.2) is 89.8 Å². The molecular weight excluding hydrogens is 286 g/mol. The summed E-state index contributed by atoms with van der Waals surface area (Å²) in [5, 5.41) is 3.94. The predicted molar refractivity (Wildman–Crippen MR) is 90.8 cm³/mol. The van der Waals surface area contributed by atoms with Gasteiger partial charge in [-0.1, -0.05) is 84.9 Å². The van der Waals surface area contributed by atoms with Gasteiger partial charge in [0.25, 0.3) is 0 Å². The van der Waals surface area contributed by atoms with E-state index in [1.54, 1.807) is 0 Å². The standard InChI is InChI=1S/C18H15PS.Li/c20-18-14-8-7-13-17(18)19(15-9-3-1-4-10-15)16-11-5-2-6-12-16;/h1-14,20H;/q;+1/p-1. The van der Waals surface area contributed by atoms with E-state index in [2.05, 4.69) is 72.8 Å². The minimum absolute atomic E-state index is 0. The van der Waals surface area contributed by atoms with Crippen molar-refractivity contribution in [2.75, 3.05) is 0 Å². The number of rotatable bonds is 3. The van der Waals surface area contributed by atoms with Crippen molar-refractivity contribution in [1.29, 1.82) is 0 Å². The zero-order chi connectivity index (χ0) is 13.8. The summed E-state index contributed by atoms with van der Waals surface area (Å²) in [6.45, 7) is 0. The van der Waals surface area contributed by atoms with Crippen molar-refractivity contribution < 1.29 is 18.9 Å². The van der Waals surface area contributed by atoms with Crippen LogP contribution in [0, 0.1) is 0 Å². The van der Waals surface area contributed by atoms with Crippen molar-refractivity contribution in [3.05, 3.63) is 84.9 Å². The molecule has 98 valence electrons. The maximum absolute atomic E-state index is 5.54. The van der Waals surface area contributed by atoms with Crippen LogP contribution >= 0.6 is 7.92 Å². The molecule has 0 spiro atoms. The fraction of sp³-hybridized carbons (Fsp3) is 0. The zero-order valence-corrected chi connectivity index (χ0v) is 13.6. The molecule has 0 heterocycles. The van der Waals surface area contributed by atoms with Crippen LogP contribution in [0.1, 0.15) is 0 Å². The fourth-order valence-corrected chi connectivity index (χ4v) is 4.97.